The van der Waals surface area contributed by atoms with Crippen molar-refractivity contribution in [3.8, 4) is 0 Å². The molecule has 0 amide bonds. The van der Waals surface area contributed by atoms with Crippen LogP contribution in [0.3, 0.4) is 0 Å². The van der Waals surface area contributed by atoms with Crippen molar-refractivity contribution in [2.24, 2.45) is 17.8 Å². The molecule has 2 rings (SSSR count). The number of carbonyl (C=O) groups is 3. The Balaban J connectivity index is 2.13. The molecule has 5 heteroatoms. The van der Waals surface area contributed by atoms with Crippen LogP contribution in [0.15, 0.2) is 0 Å². The fraction of sp³-hybridized carbons (Fsp3) is 0.727. The number of ether oxygens (including phenoxy) is 2. The van der Waals surface area contributed by atoms with Crippen molar-refractivity contribution in [1.82, 2.24) is 0 Å². The first-order chi connectivity index (χ1) is 7.32. The molecule has 5 nitrogen and oxygen atoms in total. The van der Waals surface area contributed by atoms with E-state index in [9.17, 15) is 14.4 Å². The Morgan fingerprint density at radius 2 is 1.69 bits per heavy atom. The van der Waals surface area contributed by atoms with Crippen LogP contribution in [0.4, 0.5) is 0 Å². The second-order valence-corrected chi connectivity index (χ2v) is 4.90. The maximum atomic E-state index is 11.8. The Hall–Kier alpha value is -1.39. The predicted octanol–water partition coefficient (Wildman–Crippen LogP) is 0.664. The molecule has 0 radical (unpaired) electrons. The molecule has 1 heterocycles. The van der Waals surface area contributed by atoms with Crippen molar-refractivity contribution >= 4 is 17.7 Å². The van der Waals surface area contributed by atoms with Gasteiger partial charge in [-0.2, -0.15) is 0 Å². The summed E-state index contributed by atoms with van der Waals surface area (Å²) < 4.78 is 9.78. The van der Waals surface area contributed by atoms with E-state index in [4.69, 9.17) is 9.47 Å². The van der Waals surface area contributed by atoms with E-state index in [1.807, 2.05) is 6.92 Å². The average molecular weight is 226 g/mol. The zero-order valence-electron chi connectivity index (χ0n) is 9.48. The highest BCUT2D eigenvalue weighted by Gasteiger charge is 2.53. The quantitative estimate of drug-likeness (QED) is 0.511. The molecular weight excluding hydrogens is 212 g/mol. The van der Waals surface area contributed by atoms with Crippen molar-refractivity contribution < 1.29 is 23.9 Å². The maximum Gasteiger partial charge on any atom is 0.331 e. The number of hydrogen-bond donors (Lipinski definition) is 0. The Labute approximate surface area is 93.1 Å². The molecule has 0 aromatic rings. The third-order valence-electron chi connectivity index (χ3n) is 2.92. The second kappa shape index (κ2) is 3.30. The van der Waals surface area contributed by atoms with Crippen LogP contribution in [-0.2, 0) is 23.9 Å². The lowest BCUT2D eigenvalue weighted by molar-refractivity contribution is -0.238. The Kier molecular flexibility index (Phi) is 2.29. The molecule has 0 spiro atoms. The number of ketones is 1. The largest absolute Gasteiger partial charge is 0.422 e. The van der Waals surface area contributed by atoms with Crippen molar-refractivity contribution in [3.63, 3.8) is 0 Å². The molecule has 2 aliphatic rings. The predicted molar refractivity (Wildman–Crippen MR) is 52.0 cm³/mol. The molecule has 0 aromatic heterocycles. The van der Waals surface area contributed by atoms with Gasteiger partial charge in [0.15, 0.2) is 5.78 Å². The van der Waals surface area contributed by atoms with Gasteiger partial charge in [-0.15, -0.1) is 0 Å². The summed E-state index contributed by atoms with van der Waals surface area (Å²) in [7, 11) is 0. The summed E-state index contributed by atoms with van der Waals surface area (Å²) in [5, 5.41) is 0. The van der Waals surface area contributed by atoms with Crippen LogP contribution >= 0.6 is 0 Å². The van der Waals surface area contributed by atoms with Gasteiger partial charge in [-0.05, 0) is 12.3 Å². The Morgan fingerprint density at radius 3 is 2.06 bits per heavy atom. The fourth-order valence-electron chi connectivity index (χ4n) is 1.88. The number of rotatable bonds is 2. The van der Waals surface area contributed by atoms with Crippen LogP contribution in [-0.4, -0.2) is 23.5 Å². The fourth-order valence-corrected chi connectivity index (χ4v) is 1.88. The highest BCUT2D eigenvalue weighted by molar-refractivity contribution is 6.17. The molecule has 1 saturated heterocycles. The van der Waals surface area contributed by atoms with E-state index in [0.29, 0.717) is 0 Å². The number of esters is 2. The van der Waals surface area contributed by atoms with Gasteiger partial charge >= 0.3 is 11.9 Å². The zero-order valence-corrected chi connectivity index (χ0v) is 9.48. The minimum atomic E-state index is -1.37. The van der Waals surface area contributed by atoms with E-state index in [1.165, 1.54) is 13.8 Å². The second-order valence-electron chi connectivity index (χ2n) is 4.90. The first-order valence-electron chi connectivity index (χ1n) is 5.31. The first kappa shape index (κ1) is 11.1. The van der Waals surface area contributed by atoms with Crippen molar-refractivity contribution in [2.45, 2.75) is 33.0 Å². The molecule has 1 aliphatic heterocycles. The number of hydrogen-bond acceptors (Lipinski definition) is 5. The number of carbonyl (C=O) groups excluding carboxylic acids is 3. The monoisotopic (exact) mass is 226 g/mol. The molecule has 2 unspecified atom stereocenters. The van der Waals surface area contributed by atoms with E-state index in [0.717, 1.165) is 6.42 Å². The van der Waals surface area contributed by atoms with Gasteiger partial charge in [-0.3, -0.25) is 14.4 Å². The Morgan fingerprint density at radius 1 is 1.25 bits per heavy atom. The molecule has 1 aliphatic carbocycles. The van der Waals surface area contributed by atoms with E-state index in [-0.39, 0.29) is 17.6 Å². The molecule has 1 saturated carbocycles. The normalized spacial score (nSPS) is 32.9. The minimum absolute atomic E-state index is 0.189. The molecule has 16 heavy (non-hydrogen) atoms. The standard InChI is InChI=1S/C11H14O5/c1-5-4-6(5)8(12)7-9(13)15-11(2,3)16-10(7)14/h5-7H,4H2,1-3H3. The van der Waals surface area contributed by atoms with Crippen molar-refractivity contribution in [3.05, 3.63) is 0 Å². The molecule has 0 N–H and O–H groups in total. The SMILES string of the molecule is CC1CC1C(=O)C1C(=O)OC(C)(C)OC1=O. The van der Waals surface area contributed by atoms with Gasteiger partial charge in [0.2, 0.25) is 5.92 Å². The van der Waals surface area contributed by atoms with Gasteiger partial charge < -0.3 is 9.47 Å². The number of Topliss-reactive ketones (excluding diaryl/α,β-unsaturated/α-hetero) is 1. The summed E-state index contributed by atoms with van der Waals surface area (Å²) in [6, 6.07) is 0. The van der Waals surface area contributed by atoms with Gasteiger partial charge in [0.05, 0.1) is 0 Å². The first-order valence-corrected chi connectivity index (χ1v) is 5.31. The van der Waals surface area contributed by atoms with E-state index in [1.54, 1.807) is 0 Å². The molecule has 0 aromatic carbocycles. The van der Waals surface area contributed by atoms with Crippen LogP contribution in [0.5, 0.6) is 0 Å². The van der Waals surface area contributed by atoms with Crippen molar-refractivity contribution in [2.75, 3.05) is 0 Å². The number of cyclic esters (lactones) is 2. The topological polar surface area (TPSA) is 69.7 Å². The van der Waals surface area contributed by atoms with E-state index >= 15 is 0 Å². The smallest absolute Gasteiger partial charge is 0.331 e. The van der Waals surface area contributed by atoms with Gasteiger partial charge in [0, 0.05) is 19.8 Å². The third-order valence-corrected chi connectivity index (χ3v) is 2.92. The summed E-state index contributed by atoms with van der Waals surface area (Å²) in [6.07, 6.45) is 0.735. The molecular formula is C11H14O5. The lowest BCUT2D eigenvalue weighted by Crippen LogP contribution is -2.49. The molecule has 88 valence electrons. The summed E-state index contributed by atoms with van der Waals surface area (Å²) in [6.45, 7) is 4.83. The molecule has 2 atom stereocenters. The summed E-state index contributed by atoms with van der Waals surface area (Å²) in [5.41, 5.74) is 0. The van der Waals surface area contributed by atoms with Crippen LogP contribution in [0, 0.1) is 17.8 Å². The van der Waals surface area contributed by atoms with Crippen LogP contribution in [0.1, 0.15) is 27.2 Å². The van der Waals surface area contributed by atoms with Gasteiger partial charge in [-0.1, -0.05) is 6.92 Å². The Bertz CT molecular complexity index is 351. The lowest BCUT2D eigenvalue weighted by Gasteiger charge is -2.32. The van der Waals surface area contributed by atoms with Crippen LogP contribution < -0.4 is 0 Å². The lowest BCUT2D eigenvalue weighted by atomic mass is 9.98. The van der Waals surface area contributed by atoms with E-state index < -0.39 is 23.6 Å². The van der Waals surface area contributed by atoms with Gasteiger partial charge in [-0.25, -0.2) is 0 Å². The average Bonchev–Trinajstić information content (AvgIpc) is 2.78. The minimum Gasteiger partial charge on any atom is -0.422 e. The highest BCUT2D eigenvalue weighted by atomic mass is 16.7. The maximum absolute atomic E-state index is 11.8. The van der Waals surface area contributed by atoms with Crippen LogP contribution in [0.2, 0.25) is 0 Å². The van der Waals surface area contributed by atoms with Gasteiger partial charge in [0.1, 0.15) is 0 Å². The summed E-state index contributed by atoms with van der Waals surface area (Å²) in [4.78, 5) is 34.9. The van der Waals surface area contributed by atoms with Gasteiger partial charge in [0.25, 0.3) is 5.79 Å². The van der Waals surface area contributed by atoms with E-state index in [2.05, 4.69) is 0 Å². The van der Waals surface area contributed by atoms with Crippen molar-refractivity contribution in [1.29, 1.82) is 0 Å². The summed E-state index contributed by atoms with van der Waals surface area (Å²) >= 11 is 0. The summed E-state index contributed by atoms with van der Waals surface area (Å²) in [5.74, 6) is -4.51. The zero-order chi connectivity index (χ0) is 12.1. The molecule has 0 bridgehead atoms. The molecule has 2 fully saturated rings. The third kappa shape index (κ3) is 1.81. The van der Waals surface area contributed by atoms with Crippen LogP contribution in [0.25, 0.3) is 0 Å². The highest BCUT2D eigenvalue weighted by Crippen LogP contribution is 2.41.